The Morgan fingerprint density at radius 2 is 1.49 bits per heavy atom. The smallest absolute Gasteiger partial charge is 0.416 e. The van der Waals surface area contributed by atoms with Gasteiger partial charge < -0.3 is 9.67 Å². The van der Waals surface area contributed by atoms with E-state index < -0.39 is 17.7 Å². The first-order valence-corrected chi connectivity index (χ1v) is 13.2. The number of aromatic nitrogens is 3. The summed E-state index contributed by atoms with van der Waals surface area (Å²) in [7, 11) is 0. The molecule has 1 aliphatic heterocycles. The van der Waals surface area contributed by atoms with Crippen LogP contribution in [0.1, 0.15) is 32.7 Å². The Kier molecular flexibility index (Phi) is 8.46. The van der Waals surface area contributed by atoms with Crippen LogP contribution in [0, 0.1) is 5.82 Å². The van der Waals surface area contributed by atoms with Gasteiger partial charge in [-0.15, -0.1) is 0 Å². The van der Waals surface area contributed by atoms with Gasteiger partial charge in [-0.1, -0.05) is 24.3 Å². The van der Waals surface area contributed by atoms with Gasteiger partial charge in [0.05, 0.1) is 23.0 Å². The van der Waals surface area contributed by atoms with Crippen LogP contribution in [0.4, 0.5) is 17.6 Å². The highest BCUT2D eigenvalue weighted by Gasteiger charge is 2.30. The Hall–Kier alpha value is -4.09. The van der Waals surface area contributed by atoms with E-state index in [-0.39, 0.29) is 11.4 Å². The maximum Gasteiger partial charge on any atom is 0.416 e. The van der Waals surface area contributed by atoms with Gasteiger partial charge in [-0.05, 0) is 53.9 Å². The van der Waals surface area contributed by atoms with Crippen molar-refractivity contribution >= 4 is 5.97 Å². The second-order valence-electron chi connectivity index (χ2n) is 10.1. The lowest BCUT2D eigenvalue weighted by Gasteiger charge is -2.34. The molecule has 0 amide bonds. The third-order valence-electron chi connectivity index (χ3n) is 7.25. The molecule has 1 saturated heterocycles. The third-order valence-corrected chi connectivity index (χ3v) is 7.25. The van der Waals surface area contributed by atoms with Gasteiger partial charge >= 0.3 is 12.1 Å². The van der Waals surface area contributed by atoms with E-state index in [1.54, 1.807) is 18.3 Å². The first-order chi connectivity index (χ1) is 19.7. The molecule has 4 aromatic rings. The molecule has 41 heavy (non-hydrogen) atoms. The average Bonchev–Trinajstić information content (AvgIpc) is 3.36. The molecule has 2 aromatic carbocycles. The van der Waals surface area contributed by atoms with Crippen molar-refractivity contribution in [3.05, 3.63) is 107 Å². The molecule has 0 saturated carbocycles. The van der Waals surface area contributed by atoms with E-state index in [4.69, 9.17) is 0 Å². The predicted octanol–water partition coefficient (Wildman–Crippen LogP) is 5.36. The highest BCUT2D eigenvalue weighted by Crippen LogP contribution is 2.29. The molecule has 0 atom stereocenters. The number of hydrogen-bond donors (Lipinski definition) is 1. The zero-order valence-electron chi connectivity index (χ0n) is 22.2. The number of benzene rings is 2. The number of aromatic carboxylic acids is 1. The van der Waals surface area contributed by atoms with Gasteiger partial charge in [0.15, 0.2) is 5.82 Å². The standard InChI is InChI=1S/C30H29F4N5O2/c31-25-7-3-21(4-8-25)10-12-39-26(18-36-28(39)27-17-23(29(40)41)9-11-35-27)20-38-15-13-37(14-16-38)19-22-1-5-24(6-2-22)30(32,33)34/h1-9,11,17-18H,10,12-16,19-20H2,(H,40,41). The van der Waals surface area contributed by atoms with Gasteiger partial charge in [-0.25, -0.2) is 14.2 Å². The van der Waals surface area contributed by atoms with E-state index in [0.29, 0.717) is 37.6 Å². The second-order valence-corrected chi connectivity index (χ2v) is 10.1. The topological polar surface area (TPSA) is 74.5 Å². The summed E-state index contributed by atoms with van der Waals surface area (Å²) in [4.78, 5) is 25.0. The van der Waals surface area contributed by atoms with Crippen LogP contribution in [0.5, 0.6) is 0 Å². The lowest BCUT2D eigenvalue weighted by molar-refractivity contribution is -0.137. The number of carboxylic acids is 1. The van der Waals surface area contributed by atoms with Crippen LogP contribution in [-0.4, -0.2) is 61.6 Å². The first kappa shape index (κ1) is 28.4. The number of carbonyl (C=O) groups is 1. The monoisotopic (exact) mass is 567 g/mol. The number of aryl methyl sites for hydroxylation is 1. The number of nitrogens with zero attached hydrogens (tertiary/aromatic N) is 5. The number of pyridine rings is 1. The number of alkyl halides is 3. The lowest BCUT2D eigenvalue weighted by Crippen LogP contribution is -2.45. The van der Waals surface area contributed by atoms with Crippen LogP contribution >= 0.6 is 0 Å². The van der Waals surface area contributed by atoms with Crippen LogP contribution in [0.3, 0.4) is 0 Å². The number of halogens is 4. The predicted molar refractivity (Wildman–Crippen MR) is 145 cm³/mol. The van der Waals surface area contributed by atoms with E-state index in [9.17, 15) is 27.5 Å². The molecule has 1 aliphatic rings. The molecule has 0 spiro atoms. The van der Waals surface area contributed by atoms with Gasteiger partial charge in [-0.3, -0.25) is 14.8 Å². The third kappa shape index (κ3) is 7.17. The lowest BCUT2D eigenvalue weighted by atomic mass is 10.1. The molecule has 2 aromatic heterocycles. The summed E-state index contributed by atoms with van der Waals surface area (Å²) in [5.41, 5.74) is 2.67. The number of hydrogen-bond acceptors (Lipinski definition) is 5. The molecule has 1 N–H and O–H groups in total. The Morgan fingerprint density at radius 3 is 2.12 bits per heavy atom. The molecule has 11 heteroatoms. The minimum atomic E-state index is -4.34. The van der Waals surface area contributed by atoms with Crippen LogP contribution in [0.25, 0.3) is 11.5 Å². The van der Waals surface area contributed by atoms with E-state index in [0.717, 1.165) is 55.1 Å². The molecule has 7 nitrogen and oxygen atoms in total. The van der Waals surface area contributed by atoms with Crippen LogP contribution in [-0.2, 0) is 32.2 Å². The van der Waals surface area contributed by atoms with Gasteiger partial charge in [0, 0.05) is 52.0 Å². The number of carboxylic acid groups (broad SMARTS) is 1. The molecule has 1 fully saturated rings. The summed E-state index contributed by atoms with van der Waals surface area (Å²) in [6.07, 6.45) is -0.488. The first-order valence-electron chi connectivity index (χ1n) is 13.2. The highest BCUT2D eigenvalue weighted by molar-refractivity contribution is 5.88. The summed E-state index contributed by atoms with van der Waals surface area (Å²) >= 11 is 0. The van der Waals surface area contributed by atoms with Crippen molar-refractivity contribution in [2.24, 2.45) is 0 Å². The van der Waals surface area contributed by atoms with Crippen molar-refractivity contribution in [3.63, 3.8) is 0 Å². The van der Waals surface area contributed by atoms with Crippen LogP contribution in [0.2, 0.25) is 0 Å². The van der Waals surface area contributed by atoms with Crippen molar-refractivity contribution in [2.75, 3.05) is 26.2 Å². The Morgan fingerprint density at radius 1 is 0.854 bits per heavy atom. The zero-order chi connectivity index (χ0) is 29.0. The molecule has 0 bridgehead atoms. The van der Waals surface area contributed by atoms with Gasteiger partial charge in [0.1, 0.15) is 11.5 Å². The molecule has 0 radical (unpaired) electrons. The molecule has 0 unspecified atom stereocenters. The summed E-state index contributed by atoms with van der Waals surface area (Å²) in [6, 6.07) is 14.6. The minimum Gasteiger partial charge on any atom is -0.478 e. The average molecular weight is 568 g/mol. The molecular weight excluding hydrogens is 538 g/mol. The van der Waals surface area contributed by atoms with Gasteiger partial charge in [0.2, 0.25) is 0 Å². The van der Waals surface area contributed by atoms with Gasteiger partial charge in [-0.2, -0.15) is 13.2 Å². The van der Waals surface area contributed by atoms with Crippen LogP contribution < -0.4 is 0 Å². The Balaban J connectivity index is 1.27. The molecule has 0 aliphatic carbocycles. The largest absolute Gasteiger partial charge is 0.478 e. The maximum atomic E-state index is 13.4. The van der Waals surface area contributed by atoms with Crippen molar-refractivity contribution in [1.29, 1.82) is 0 Å². The summed E-state index contributed by atoms with van der Waals surface area (Å²) in [5, 5.41) is 9.44. The number of imidazole rings is 1. The van der Waals surface area contributed by atoms with Crippen LogP contribution in [0.15, 0.2) is 73.1 Å². The van der Waals surface area contributed by atoms with E-state index in [2.05, 4.69) is 19.8 Å². The SMILES string of the molecule is O=C(O)c1ccnc(-c2ncc(CN3CCN(Cc4ccc(C(F)(F)F)cc4)CC3)n2CCc2ccc(F)cc2)c1. The summed E-state index contributed by atoms with van der Waals surface area (Å²) in [6.45, 7) is 4.81. The van der Waals surface area contributed by atoms with E-state index in [1.807, 2.05) is 4.57 Å². The van der Waals surface area contributed by atoms with E-state index in [1.165, 1.54) is 42.6 Å². The zero-order valence-corrected chi connectivity index (χ0v) is 22.2. The molecule has 214 valence electrons. The summed E-state index contributed by atoms with van der Waals surface area (Å²) < 4.78 is 54.0. The fraction of sp³-hybridized carbons (Fsp3) is 0.300. The number of piperazine rings is 1. The van der Waals surface area contributed by atoms with Crippen molar-refractivity contribution < 1.29 is 27.5 Å². The second kappa shape index (κ2) is 12.2. The molecule has 3 heterocycles. The van der Waals surface area contributed by atoms with E-state index >= 15 is 0 Å². The van der Waals surface area contributed by atoms with Crippen molar-refractivity contribution in [3.8, 4) is 11.5 Å². The summed E-state index contributed by atoms with van der Waals surface area (Å²) in [5.74, 6) is -0.788. The number of rotatable bonds is 9. The molecule has 5 rings (SSSR count). The minimum absolute atomic E-state index is 0.119. The highest BCUT2D eigenvalue weighted by atomic mass is 19.4. The maximum absolute atomic E-state index is 13.4. The fourth-order valence-corrected chi connectivity index (χ4v) is 4.96. The normalized spacial score (nSPS) is 14.8. The van der Waals surface area contributed by atoms with Crippen molar-refractivity contribution in [1.82, 2.24) is 24.3 Å². The Labute approximate surface area is 234 Å². The Bertz CT molecular complexity index is 1480. The fourth-order valence-electron chi connectivity index (χ4n) is 4.96. The van der Waals surface area contributed by atoms with Crippen molar-refractivity contribution in [2.45, 2.75) is 32.2 Å². The van der Waals surface area contributed by atoms with Gasteiger partial charge in [0.25, 0.3) is 0 Å². The quantitative estimate of drug-likeness (QED) is 0.275. The molecular formula is C30H29F4N5O2.